The number of aryl methyl sites for hydroxylation is 1. The summed E-state index contributed by atoms with van der Waals surface area (Å²) in [5, 5.41) is 3.58. The van der Waals surface area contributed by atoms with Gasteiger partial charge in [-0.3, -0.25) is 0 Å². The van der Waals surface area contributed by atoms with Gasteiger partial charge in [-0.2, -0.15) is 0 Å². The summed E-state index contributed by atoms with van der Waals surface area (Å²) in [6.45, 7) is 4.31. The van der Waals surface area contributed by atoms with Gasteiger partial charge < -0.3 is 11.1 Å². The van der Waals surface area contributed by atoms with Crippen molar-refractivity contribution in [1.82, 2.24) is 4.98 Å². The van der Waals surface area contributed by atoms with Crippen LogP contribution in [-0.2, 0) is 0 Å². The van der Waals surface area contributed by atoms with Gasteiger partial charge in [0, 0.05) is 11.7 Å². The van der Waals surface area contributed by atoms with Crippen molar-refractivity contribution in [3.63, 3.8) is 0 Å². The second-order valence-electron chi connectivity index (χ2n) is 5.58. The van der Waals surface area contributed by atoms with Crippen LogP contribution in [0.1, 0.15) is 50.3 Å². The van der Waals surface area contributed by atoms with Crippen LogP contribution in [-0.4, -0.2) is 16.0 Å². The van der Waals surface area contributed by atoms with Crippen LogP contribution in [0.2, 0.25) is 0 Å². The van der Waals surface area contributed by atoms with E-state index in [2.05, 4.69) is 17.2 Å². The smallest absolute Gasteiger partial charge is 0.136 e. The number of thiocarbonyl (C=S) groups is 1. The molecule has 1 fully saturated rings. The van der Waals surface area contributed by atoms with Crippen molar-refractivity contribution in [2.24, 2.45) is 11.7 Å². The van der Waals surface area contributed by atoms with Gasteiger partial charge in [-0.25, -0.2) is 4.98 Å². The van der Waals surface area contributed by atoms with Gasteiger partial charge in [0.2, 0.25) is 0 Å². The molecule has 1 aliphatic carbocycles. The molecule has 4 heteroatoms. The molecule has 2 unspecified atom stereocenters. The van der Waals surface area contributed by atoms with E-state index in [4.69, 9.17) is 18.0 Å². The molecule has 0 radical (unpaired) electrons. The summed E-state index contributed by atoms with van der Waals surface area (Å²) < 4.78 is 0. The van der Waals surface area contributed by atoms with Crippen molar-refractivity contribution in [2.45, 2.75) is 52.0 Å². The van der Waals surface area contributed by atoms with Crippen LogP contribution in [0.25, 0.3) is 0 Å². The van der Waals surface area contributed by atoms with E-state index in [1.807, 2.05) is 19.1 Å². The number of rotatable bonds is 3. The van der Waals surface area contributed by atoms with Crippen molar-refractivity contribution >= 4 is 23.0 Å². The summed E-state index contributed by atoms with van der Waals surface area (Å²) in [6, 6.07) is 4.40. The summed E-state index contributed by atoms with van der Waals surface area (Å²) in [6.07, 6.45) is 6.45. The number of anilines is 1. The van der Waals surface area contributed by atoms with E-state index in [-0.39, 0.29) is 0 Å². The summed E-state index contributed by atoms with van der Waals surface area (Å²) in [5.41, 5.74) is 7.63. The van der Waals surface area contributed by atoms with Crippen LogP contribution in [0.3, 0.4) is 0 Å². The lowest BCUT2D eigenvalue weighted by Crippen LogP contribution is -2.28. The summed E-state index contributed by atoms with van der Waals surface area (Å²) in [4.78, 5) is 4.99. The van der Waals surface area contributed by atoms with E-state index in [9.17, 15) is 0 Å². The number of hydrogen-bond donors (Lipinski definition) is 2. The normalized spacial score (nSPS) is 23.7. The molecule has 0 amide bonds. The summed E-state index contributed by atoms with van der Waals surface area (Å²) in [5.74, 6) is 1.52. The minimum atomic E-state index is 0.413. The molecule has 1 aromatic heterocycles. The molecule has 19 heavy (non-hydrogen) atoms. The maximum atomic E-state index is 5.79. The van der Waals surface area contributed by atoms with Crippen LogP contribution in [0, 0.1) is 12.8 Å². The monoisotopic (exact) mass is 277 g/mol. The Morgan fingerprint density at radius 2 is 2.05 bits per heavy atom. The molecule has 2 rings (SSSR count). The van der Waals surface area contributed by atoms with Gasteiger partial charge in [0.1, 0.15) is 10.8 Å². The summed E-state index contributed by atoms with van der Waals surface area (Å²) in [7, 11) is 0. The van der Waals surface area contributed by atoms with Gasteiger partial charge in [-0.15, -0.1) is 0 Å². The first kappa shape index (κ1) is 14.3. The Kier molecular flexibility index (Phi) is 4.75. The third-order valence-electron chi connectivity index (χ3n) is 3.98. The highest BCUT2D eigenvalue weighted by Gasteiger charge is 2.21. The number of aromatic nitrogens is 1. The predicted octanol–water partition coefficient (Wildman–Crippen LogP) is 3.40. The molecule has 0 aliphatic heterocycles. The second kappa shape index (κ2) is 6.33. The van der Waals surface area contributed by atoms with E-state index in [1.54, 1.807) is 0 Å². The Labute approximate surface area is 121 Å². The largest absolute Gasteiger partial charge is 0.389 e. The molecule has 1 saturated carbocycles. The molecular formula is C15H23N3S. The quantitative estimate of drug-likeness (QED) is 0.657. The Balaban J connectivity index is 2.21. The Hall–Kier alpha value is -1.16. The van der Waals surface area contributed by atoms with Crippen LogP contribution >= 0.6 is 12.2 Å². The first-order valence-corrected chi connectivity index (χ1v) is 7.52. The fourth-order valence-electron chi connectivity index (χ4n) is 2.75. The molecule has 104 valence electrons. The zero-order chi connectivity index (χ0) is 13.8. The highest BCUT2D eigenvalue weighted by Crippen LogP contribution is 2.26. The van der Waals surface area contributed by atoms with Gasteiger partial charge in [0.05, 0.1) is 5.56 Å². The molecule has 0 bridgehead atoms. The van der Waals surface area contributed by atoms with Gasteiger partial charge in [-0.1, -0.05) is 38.4 Å². The maximum absolute atomic E-state index is 5.79. The van der Waals surface area contributed by atoms with Gasteiger partial charge >= 0.3 is 0 Å². The number of pyridine rings is 1. The molecule has 0 saturated heterocycles. The van der Waals surface area contributed by atoms with Gasteiger partial charge in [-0.05, 0) is 37.8 Å². The van der Waals surface area contributed by atoms with Crippen LogP contribution in [0.4, 0.5) is 5.82 Å². The van der Waals surface area contributed by atoms with Crippen LogP contribution < -0.4 is 11.1 Å². The highest BCUT2D eigenvalue weighted by atomic mass is 32.1. The van der Waals surface area contributed by atoms with Crippen molar-refractivity contribution in [2.75, 3.05) is 5.32 Å². The van der Waals surface area contributed by atoms with E-state index >= 15 is 0 Å². The topological polar surface area (TPSA) is 50.9 Å². The highest BCUT2D eigenvalue weighted by molar-refractivity contribution is 7.80. The zero-order valence-electron chi connectivity index (χ0n) is 11.8. The first-order valence-electron chi connectivity index (χ1n) is 7.12. The predicted molar refractivity (Wildman–Crippen MR) is 84.5 cm³/mol. The first-order chi connectivity index (χ1) is 9.08. The number of nitrogens with zero attached hydrogens (tertiary/aromatic N) is 1. The maximum Gasteiger partial charge on any atom is 0.136 e. The number of hydrogen-bond acceptors (Lipinski definition) is 3. The molecule has 0 aromatic carbocycles. The van der Waals surface area contributed by atoms with Crippen molar-refractivity contribution in [3.8, 4) is 0 Å². The Morgan fingerprint density at radius 3 is 2.79 bits per heavy atom. The van der Waals surface area contributed by atoms with E-state index in [1.165, 1.54) is 32.1 Å². The van der Waals surface area contributed by atoms with Crippen molar-refractivity contribution < 1.29 is 0 Å². The number of nitrogens with one attached hydrogen (secondary N) is 1. The molecule has 3 nitrogen and oxygen atoms in total. The lowest BCUT2D eigenvalue weighted by Gasteiger charge is -2.24. The molecule has 1 aromatic rings. The second-order valence-corrected chi connectivity index (χ2v) is 6.02. The summed E-state index contributed by atoms with van der Waals surface area (Å²) >= 11 is 5.11. The number of nitrogens with two attached hydrogens (primary N) is 1. The van der Waals surface area contributed by atoms with Crippen LogP contribution in [0.5, 0.6) is 0 Å². The minimum Gasteiger partial charge on any atom is -0.389 e. The molecular weight excluding hydrogens is 254 g/mol. The van der Waals surface area contributed by atoms with E-state index < -0.39 is 0 Å². The molecule has 2 atom stereocenters. The third-order valence-corrected chi connectivity index (χ3v) is 4.20. The lowest BCUT2D eigenvalue weighted by molar-refractivity contribution is 0.455. The zero-order valence-corrected chi connectivity index (χ0v) is 12.6. The average molecular weight is 277 g/mol. The Bertz CT molecular complexity index is 459. The molecule has 3 N–H and O–H groups in total. The fraction of sp³-hybridized carbons (Fsp3) is 0.600. The minimum absolute atomic E-state index is 0.413. The van der Waals surface area contributed by atoms with Gasteiger partial charge in [0.25, 0.3) is 0 Å². The third kappa shape index (κ3) is 3.66. The molecule has 1 heterocycles. The van der Waals surface area contributed by atoms with Crippen LogP contribution in [0.15, 0.2) is 12.1 Å². The fourth-order valence-corrected chi connectivity index (χ4v) is 2.91. The van der Waals surface area contributed by atoms with Gasteiger partial charge in [0.15, 0.2) is 0 Å². The van der Waals surface area contributed by atoms with E-state index in [0.29, 0.717) is 16.9 Å². The standard InChI is InChI=1S/C15H23N3S/c1-10-6-4-3-5-7-13(10)18-15-12(14(16)19)9-8-11(2)17-15/h8-10,13H,3-7H2,1-2H3,(H2,16,19)(H,17,18). The van der Waals surface area contributed by atoms with Crippen molar-refractivity contribution in [1.29, 1.82) is 0 Å². The average Bonchev–Trinajstić information content (AvgIpc) is 2.55. The van der Waals surface area contributed by atoms with E-state index in [0.717, 1.165) is 17.1 Å². The lowest BCUT2D eigenvalue weighted by atomic mass is 9.97. The van der Waals surface area contributed by atoms with Crippen molar-refractivity contribution in [3.05, 3.63) is 23.4 Å². The molecule has 1 aliphatic rings. The SMILES string of the molecule is Cc1ccc(C(N)=S)c(NC2CCCCCC2C)n1. The molecule has 0 spiro atoms. The Morgan fingerprint density at radius 1 is 1.32 bits per heavy atom.